The summed E-state index contributed by atoms with van der Waals surface area (Å²) in [6.45, 7) is 1.46. The first-order valence-electron chi connectivity index (χ1n) is 4.12. The van der Waals surface area contributed by atoms with E-state index in [1.54, 1.807) is 12.4 Å². The predicted octanol–water partition coefficient (Wildman–Crippen LogP) is -0.299. The number of aromatic amines is 1. The van der Waals surface area contributed by atoms with Crippen molar-refractivity contribution in [2.45, 2.75) is 0 Å². The van der Waals surface area contributed by atoms with Crippen molar-refractivity contribution in [3.63, 3.8) is 0 Å². The zero-order valence-electron chi connectivity index (χ0n) is 7.87. The maximum absolute atomic E-state index is 11.3. The Morgan fingerprint density at radius 1 is 1.69 bits per heavy atom. The molecule has 0 aliphatic heterocycles. The normalized spacial score (nSPS) is 10.4. The molecule has 5 nitrogen and oxygen atoms in total. The highest BCUT2D eigenvalue weighted by molar-refractivity contribution is 5.90. The van der Waals surface area contributed by atoms with E-state index in [1.807, 2.05) is 19.0 Å². The smallest absolute Gasteiger partial charge is 0.287 e. The zero-order chi connectivity index (χ0) is 9.68. The number of rotatable bonds is 4. The van der Waals surface area contributed by atoms with Crippen molar-refractivity contribution in [2.75, 3.05) is 27.2 Å². The number of imidazole rings is 1. The maximum Gasteiger partial charge on any atom is 0.287 e. The molecular weight excluding hydrogens is 168 g/mol. The minimum atomic E-state index is -0.160. The third kappa shape index (κ3) is 3.25. The molecule has 0 aromatic carbocycles. The van der Waals surface area contributed by atoms with E-state index in [1.165, 1.54) is 0 Å². The molecule has 0 radical (unpaired) electrons. The van der Waals surface area contributed by atoms with E-state index in [0.29, 0.717) is 12.4 Å². The number of carbonyl (C=O) groups excluding carboxylic acids is 1. The van der Waals surface area contributed by atoms with Crippen LogP contribution in [-0.2, 0) is 0 Å². The molecule has 0 bridgehead atoms. The van der Waals surface area contributed by atoms with Crippen LogP contribution in [0.15, 0.2) is 12.4 Å². The summed E-state index contributed by atoms with van der Waals surface area (Å²) in [6, 6.07) is 0. The SMILES string of the molecule is CN(C)CCNC(=O)c1ncc[nH]1. The van der Waals surface area contributed by atoms with Crippen LogP contribution in [0.3, 0.4) is 0 Å². The van der Waals surface area contributed by atoms with E-state index in [-0.39, 0.29) is 5.91 Å². The Morgan fingerprint density at radius 3 is 3.00 bits per heavy atom. The molecule has 1 amide bonds. The second-order valence-corrected chi connectivity index (χ2v) is 3.00. The summed E-state index contributed by atoms with van der Waals surface area (Å²) < 4.78 is 0. The molecule has 0 saturated carbocycles. The number of H-pyrrole nitrogens is 1. The monoisotopic (exact) mass is 182 g/mol. The molecule has 0 fully saturated rings. The van der Waals surface area contributed by atoms with Crippen molar-refractivity contribution in [1.29, 1.82) is 0 Å². The van der Waals surface area contributed by atoms with Crippen molar-refractivity contribution in [1.82, 2.24) is 20.2 Å². The Bertz CT molecular complexity index is 255. The maximum atomic E-state index is 11.3. The second-order valence-electron chi connectivity index (χ2n) is 3.00. The molecule has 0 unspecified atom stereocenters. The van der Waals surface area contributed by atoms with E-state index in [2.05, 4.69) is 15.3 Å². The van der Waals surface area contributed by atoms with E-state index >= 15 is 0 Å². The summed E-state index contributed by atoms with van der Waals surface area (Å²) in [4.78, 5) is 19.8. The van der Waals surface area contributed by atoms with Gasteiger partial charge in [0.15, 0.2) is 5.82 Å². The molecule has 13 heavy (non-hydrogen) atoms. The van der Waals surface area contributed by atoms with Gasteiger partial charge in [-0.2, -0.15) is 0 Å². The number of likely N-dealkylation sites (N-methyl/N-ethyl adjacent to an activating group) is 1. The highest BCUT2D eigenvalue weighted by Crippen LogP contribution is 1.86. The van der Waals surface area contributed by atoms with Crippen molar-refractivity contribution in [3.8, 4) is 0 Å². The molecule has 0 saturated heterocycles. The number of hydrogen-bond donors (Lipinski definition) is 2. The Morgan fingerprint density at radius 2 is 2.46 bits per heavy atom. The van der Waals surface area contributed by atoms with Crippen LogP contribution in [0.2, 0.25) is 0 Å². The van der Waals surface area contributed by atoms with Gasteiger partial charge in [-0.15, -0.1) is 0 Å². The molecule has 72 valence electrons. The fourth-order valence-electron chi connectivity index (χ4n) is 0.866. The highest BCUT2D eigenvalue weighted by Gasteiger charge is 2.05. The van der Waals surface area contributed by atoms with Gasteiger partial charge in [-0.3, -0.25) is 4.79 Å². The summed E-state index contributed by atoms with van der Waals surface area (Å²) >= 11 is 0. The molecule has 2 N–H and O–H groups in total. The summed E-state index contributed by atoms with van der Waals surface area (Å²) in [5, 5.41) is 2.74. The van der Waals surface area contributed by atoms with Crippen LogP contribution in [0.4, 0.5) is 0 Å². The van der Waals surface area contributed by atoms with Gasteiger partial charge in [0.2, 0.25) is 0 Å². The lowest BCUT2D eigenvalue weighted by atomic mass is 10.5. The fraction of sp³-hybridized carbons (Fsp3) is 0.500. The minimum Gasteiger partial charge on any atom is -0.348 e. The molecule has 0 atom stereocenters. The zero-order valence-corrected chi connectivity index (χ0v) is 7.87. The molecular formula is C8H14N4O. The predicted molar refractivity (Wildman–Crippen MR) is 49.5 cm³/mol. The lowest BCUT2D eigenvalue weighted by Gasteiger charge is -2.09. The van der Waals surface area contributed by atoms with Crippen molar-refractivity contribution in [3.05, 3.63) is 18.2 Å². The van der Waals surface area contributed by atoms with E-state index in [9.17, 15) is 4.79 Å². The Labute approximate surface area is 77.2 Å². The third-order valence-electron chi connectivity index (χ3n) is 1.56. The van der Waals surface area contributed by atoms with Crippen molar-refractivity contribution in [2.24, 2.45) is 0 Å². The van der Waals surface area contributed by atoms with Gasteiger partial charge in [-0.05, 0) is 14.1 Å². The molecule has 0 aliphatic rings. The first-order valence-corrected chi connectivity index (χ1v) is 4.12. The Kier molecular flexibility index (Phi) is 3.45. The van der Waals surface area contributed by atoms with Crippen molar-refractivity contribution >= 4 is 5.91 Å². The van der Waals surface area contributed by atoms with Crippen LogP contribution >= 0.6 is 0 Å². The number of amides is 1. The van der Waals surface area contributed by atoms with Gasteiger partial charge in [0, 0.05) is 25.5 Å². The number of nitrogens with zero attached hydrogens (tertiary/aromatic N) is 2. The molecule has 5 heteroatoms. The summed E-state index contributed by atoms with van der Waals surface area (Å²) in [5.41, 5.74) is 0. The molecule has 1 rings (SSSR count). The van der Waals surface area contributed by atoms with Gasteiger partial charge in [0.1, 0.15) is 0 Å². The van der Waals surface area contributed by atoms with Crippen LogP contribution in [0.1, 0.15) is 10.6 Å². The lowest BCUT2D eigenvalue weighted by Crippen LogP contribution is -2.31. The molecule has 0 aliphatic carbocycles. The second kappa shape index (κ2) is 4.61. The number of nitrogens with one attached hydrogen (secondary N) is 2. The average Bonchev–Trinajstić information content (AvgIpc) is 2.55. The van der Waals surface area contributed by atoms with Crippen LogP contribution in [0, 0.1) is 0 Å². The first kappa shape index (κ1) is 9.73. The summed E-state index contributed by atoms with van der Waals surface area (Å²) in [7, 11) is 3.91. The van der Waals surface area contributed by atoms with E-state index in [0.717, 1.165) is 6.54 Å². The van der Waals surface area contributed by atoms with Gasteiger partial charge in [-0.1, -0.05) is 0 Å². The molecule has 1 heterocycles. The van der Waals surface area contributed by atoms with Crippen LogP contribution < -0.4 is 5.32 Å². The van der Waals surface area contributed by atoms with Gasteiger partial charge in [-0.25, -0.2) is 4.98 Å². The minimum absolute atomic E-state index is 0.160. The lowest BCUT2D eigenvalue weighted by molar-refractivity contribution is 0.0941. The van der Waals surface area contributed by atoms with Gasteiger partial charge >= 0.3 is 0 Å². The van der Waals surface area contributed by atoms with Crippen LogP contribution in [0.25, 0.3) is 0 Å². The largest absolute Gasteiger partial charge is 0.348 e. The number of hydrogen-bond acceptors (Lipinski definition) is 3. The topological polar surface area (TPSA) is 61.0 Å². The summed E-state index contributed by atoms with van der Waals surface area (Å²) in [6.07, 6.45) is 3.18. The summed E-state index contributed by atoms with van der Waals surface area (Å²) in [5.74, 6) is 0.200. The van der Waals surface area contributed by atoms with Gasteiger partial charge < -0.3 is 15.2 Å². The molecule has 0 spiro atoms. The number of carbonyl (C=O) groups is 1. The van der Waals surface area contributed by atoms with Crippen LogP contribution in [0.5, 0.6) is 0 Å². The highest BCUT2D eigenvalue weighted by atomic mass is 16.2. The van der Waals surface area contributed by atoms with E-state index in [4.69, 9.17) is 0 Å². The van der Waals surface area contributed by atoms with Gasteiger partial charge in [0.05, 0.1) is 0 Å². The average molecular weight is 182 g/mol. The number of aromatic nitrogens is 2. The quantitative estimate of drug-likeness (QED) is 0.672. The van der Waals surface area contributed by atoms with Crippen LogP contribution in [-0.4, -0.2) is 48.0 Å². The standard InChI is InChI=1S/C8H14N4O/c1-12(2)6-5-11-8(13)7-9-3-4-10-7/h3-4H,5-6H2,1-2H3,(H,9,10)(H,11,13). The fourth-order valence-corrected chi connectivity index (χ4v) is 0.866. The molecule has 1 aromatic heterocycles. The first-order chi connectivity index (χ1) is 6.20. The van der Waals surface area contributed by atoms with E-state index < -0.39 is 0 Å². The molecule has 1 aromatic rings. The Hall–Kier alpha value is -1.36. The third-order valence-corrected chi connectivity index (χ3v) is 1.56. The van der Waals surface area contributed by atoms with Gasteiger partial charge in [0.25, 0.3) is 5.91 Å². The van der Waals surface area contributed by atoms with Crippen molar-refractivity contribution < 1.29 is 4.79 Å². The Balaban J connectivity index is 2.27.